The number of thiol groups is 1. The molecule has 0 aliphatic carbocycles. The maximum Gasteiger partial charge on any atom is 0.361 e. The van der Waals surface area contributed by atoms with E-state index in [1.165, 1.54) is 0 Å². The van der Waals surface area contributed by atoms with Crippen LogP contribution in [0, 0.1) is 0 Å². The summed E-state index contributed by atoms with van der Waals surface area (Å²) in [5, 5.41) is 6.14. The summed E-state index contributed by atoms with van der Waals surface area (Å²) in [6.07, 6.45) is 3.54. The summed E-state index contributed by atoms with van der Waals surface area (Å²) in [6, 6.07) is 11.6. The molecule has 0 radical (unpaired) electrons. The summed E-state index contributed by atoms with van der Waals surface area (Å²) in [7, 11) is 0. The van der Waals surface area contributed by atoms with Gasteiger partial charge in [-0.15, -0.1) is 0 Å². The van der Waals surface area contributed by atoms with Crippen molar-refractivity contribution in [1.82, 2.24) is 9.97 Å². The Morgan fingerprint density at radius 1 is 1.00 bits per heavy atom. The molecule has 0 atom stereocenters. The summed E-state index contributed by atoms with van der Waals surface area (Å²) < 4.78 is 0. The van der Waals surface area contributed by atoms with E-state index in [2.05, 4.69) is 22.6 Å². The Morgan fingerprint density at radius 3 is 1.62 bits per heavy atom. The van der Waals surface area contributed by atoms with E-state index in [0.717, 1.165) is 11.4 Å². The van der Waals surface area contributed by atoms with Crippen molar-refractivity contribution in [2.24, 2.45) is 0 Å². The quantitative estimate of drug-likeness (QED) is 0.745. The highest BCUT2D eigenvalue weighted by molar-refractivity contribution is 7.96. The first-order chi connectivity index (χ1) is 7.70. The van der Waals surface area contributed by atoms with Crippen LogP contribution in [0.5, 0.6) is 0 Å². The Kier molecular flexibility index (Phi) is 5.01. The third-order valence-corrected chi connectivity index (χ3v) is 1.59. The second kappa shape index (κ2) is 6.58. The number of hydrogen-bond acceptors (Lipinski definition) is 3. The van der Waals surface area contributed by atoms with Crippen LogP contribution in [0.4, 0.5) is 4.79 Å². The van der Waals surface area contributed by atoms with Crippen molar-refractivity contribution in [2.75, 3.05) is 0 Å². The lowest BCUT2D eigenvalue weighted by Crippen LogP contribution is -1.83. The van der Waals surface area contributed by atoms with Gasteiger partial charge in [0.05, 0.1) is 11.4 Å². The van der Waals surface area contributed by atoms with Gasteiger partial charge in [0.25, 0.3) is 0 Å². The predicted octanol–water partition coefficient (Wildman–Crippen LogP) is 2.74. The fraction of sp³-hybridized carbons (Fsp3) is 0. The van der Waals surface area contributed by atoms with E-state index in [0.29, 0.717) is 0 Å². The molecule has 0 fully saturated rings. The van der Waals surface area contributed by atoms with Crippen molar-refractivity contribution in [3.05, 3.63) is 48.8 Å². The number of nitrogens with zero attached hydrogens (tertiary/aromatic N) is 2. The Bertz CT molecular complexity index is 393. The molecule has 82 valence electrons. The van der Waals surface area contributed by atoms with E-state index >= 15 is 0 Å². The molecule has 0 bridgehead atoms. The third kappa shape index (κ3) is 4.56. The van der Waals surface area contributed by atoms with Crippen LogP contribution >= 0.6 is 12.6 Å². The molecular formula is C11H10N2O2S. The number of pyridine rings is 2. The molecule has 0 aliphatic rings. The number of aromatic nitrogens is 2. The van der Waals surface area contributed by atoms with Gasteiger partial charge < -0.3 is 5.11 Å². The lowest BCUT2D eigenvalue weighted by Gasteiger charge is -1.96. The van der Waals surface area contributed by atoms with Crippen LogP contribution in [0.25, 0.3) is 11.4 Å². The summed E-state index contributed by atoms with van der Waals surface area (Å²) in [5.74, 6) is 0. The van der Waals surface area contributed by atoms with Crippen LogP contribution in [0.15, 0.2) is 48.8 Å². The average molecular weight is 234 g/mol. The molecule has 4 nitrogen and oxygen atoms in total. The smallest absolute Gasteiger partial charge is 0.361 e. The first kappa shape index (κ1) is 12.2. The molecular weight excluding hydrogens is 224 g/mol. The molecule has 0 spiro atoms. The fourth-order valence-corrected chi connectivity index (χ4v) is 1.03. The minimum atomic E-state index is -1.14. The van der Waals surface area contributed by atoms with E-state index in [9.17, 15) is 0 Å². The maximum atomic E-state index is 8.86. The molecule has 0 amide bonds. The van der Waals surface area contributed by atoms with E-state index in [1.807, 2.05) is 36.4 Å². The van der Waals surface area contributed by atoms with Crippen LogP contribution in [-0.2, 0) is 0 Å². The van der Waals surface area contributed by atoms with Gasteiger partial charge >= 0.3 is 5.30 Å². The van der Waals surface area contributed by atoms with Gasteiger partial charge in [0.2, 0.25) is 0 Å². The first-order valence-corrected chi connectivity index (χ1v) is 4.89. The molecule has 0 unspecified atom stereocenters. The van der Waals surface area contributed by atoms with E-state index in [-0.39, 0.29) is 0 Å². The monoisotopic (exact) mass is 234 g/mol. The van der Waals surface area contributed by atoms with Gasteiger partial charge in [-0.25, -0.2) is 4.79 Å². The third-order valence-electron chi connectivity index (χ3n) is 1.59. The van der Waals surface area contributed by atoms with Crippen molar-refractivity contribution in [3.63, 3.8) is 0 Å². The Hall–Kier alpha value is -1.88. The molecule has 0 saturated carbocycles. The van der Waals surface area contributed by atoms with Crippen molar-refractivity contribution in [3.8, 4) is 11.4 Å². The second-order valence-corrected chi connectivity index (χ2v) is 3.10. The number of hydrogen-bond donors (Lipinski definition) is 2. The van der Waals surface area contributed by atoms with Crippen molar-refractivity contribution in [2.45, 2.75) is 0 Å². The highest BCUT2D eigenvalue weighted by atomic mass is 32.1. The van der Waals surface area contributed by atoms with Crippen LogP contribution in [0.1, 0.15) is 0 Å². The molecule has 2 aromatic heterocycles. The van der Waals surface area contributed by atoms with Crippen molar-refractivity contribution < 1.29 is 9.90 Å². The van der Waals surface area contributed by atoms with Crippen LogP contribution in [0.3, 0.4) is 0 Å². The standard InChI is InChI=1S/C10H8N2.CH2O2S/c1-3-7-11-9(5-1)10-6-2-4-8-12-10;2-1(3)4/h1-8H;4H,(H,2,3). The van der Waals surface area contributed by atoms with Gasteiger partial charge in [-0.1, -0.05) is 24.8 Å². The SMILES string of the molecule is O=C(O)S.c1ccc(-c2ccccn2)nc1. The highest BCUT2D eigenvalue weighted by Gasteiger charge is 1.95. The van der Waals surface area contributed by atoms with E-state index < -0.39 is 5.30 Å². The Balaban J connectivity index is 0.000000280. The van der Waals surface area contributed by atoms with Gasteiger partial charge in [-0.2, -0.15) is 0 Å². The number of carbonyl (C=O) groups is 1. The minimum absolute atomic E-state index is 0.915. The molecule has 0 aliphatic heterocycles. The Morgan fingerprint density at radius 2 is 1.38 bits per heavy atom. The predicted molar refractivity (Wildman–Crippen MR) is 64.5 cm³/mol. The maximum absolute atomic E-state index is 8.86. The molecule has 16 heavy (non-hydrogen) atoms. The van der Waals surface area contributed by atoms with Crippen LogP contribution in [0.2, 0.25) is 0 Å². The molecule has 2 rings (SSSR count). The summed E-state index contributed by atoms with van der Waals surface area (Å²) in [6.45, 7) is 0. The molecule has 5 heteroatoms. The fourth-order valence-electron chi connectivity index (χ4n) is 1.03. The van der Waals surface area contributed by atoms with E-state index in [1.54, 1.807) is 12.4 Å². The van der Waals surface area contributed by atoms with Crippen LogP contribution < -0.4 is 0 Å². The van der Waals surface area contributed by atoms with Gasteiger partial charge in [-0.05, 0) is 24.3 Å². The van der Waals surface area contributed by atoms with Crippen LogP contribution in [-0.4, -0.2) is 20.4 Å². The van der Waals surface area contributed by atoms with Gasteiger partial charge in [0.15, 0.2) is 0 Å². The zero-order valence-corrected chi connectivity index (χ0v) is 9.21. The molecule has 2 heterocycles. The molecule has 2 aromatic rings. The lowest BCUT2D eigenvalue weighted by molar-refractivity contribution is 0.222. The lowest BCUT2D eigenvalue weighted by atomic mass is 10.2. The highest BCUT2D eigenvalue weighted by Crippen LogP contribution is 2.10. The topological polar surface area (TPSA) is 63.1 Å². The number of carboxylic acid groups (broad SMARTS) is 1. The normalized spacial score (nSPS) is 8.81. The zero-order valence-electron chi connectivity index (χ0n) is 8.32. The summed E-state index contributed by atoms with van der Waals surface area (Å²) >= 11 is 2.88. The van der Waals surface area contributed by atoms with E-state index in [4.69, 9.17) is 9.90 Å². The van der Waals surface area contributed by atoms with Crippen molar-refractivity contribution in [1.29, 1.82) is 0 Å². The summed E-state index contributed by atoms with van der Waals surface area (Å²) in [4.78, 5) is 17.2. The minimum Gasteiger partial charge on any atom is -0.473 e. The summed E-state index contributed by atoms with van der Waals surface area (Å²) in [5.41, 5.74) is 1.83. The Labute approximate surface area is 98.4 Å². The largest absolute Gasteiger partial charge is 0.473 e. The van der Waals surface area contributed by atoms with Gasteiger partial charge in [-0.3, -0.25) is 9.97 Å². The molecule has 0 aromatic carbocycles. The molecule has 0 saturated heterocycles. The van der Waals surface area contributed by atoms with Gasteiger partial charge in [0, 0.05) is 12.4 Å². The first-order valence-electron chi connectivity index (χ1n) is 4.44. The molecule has 1 N–H and O–H groups in total. The zero-order chi connectivity index (χ0) is 11.8. The number of rotatable bonds is 1. The van der Waals surface area contributed by atoms with Crippen molar-refractivity contribution >= 4 is 17.9 Å². The van der Waals surface area contributed by atoms with Gasteiger partial charge in [0.1, 0.15) is 0 Å². The second-order valence-electron chi connectivity index (χ2n) is 2.71. The average Bonchev–Trinajstić information content (AvgIpc) is 2.31.